The molecule has 0 bridgehead atoms. The number of methoxy groups -OCH3 is 1. The molecule has 76 valence electrons. The quantitative estimate of drug-likeness (QED) is 0.721. The molecule has 2 rings (SSSR count). The van der Waals surface area contributed by atoms with E-state index in [9.17, 15) is 4.79 Å². The second-order valence-electron chi connectivity index (χ2n) is 3.08. The summed E-state index contributed by atoms with van der Waals surface area (Å²) in [6.45, 7) is 0. The lowest BCUT2D eigenvalue weighted by molar-refractivity contribution is -0.141. The highest BCUT2D eigenvalue weighted by atomic mass is 35.5. The molecular weight excluding hydrogens is 202 g/mol. The maximum absolute atomic E-state index is 11.2. The summed E-state index contributed by atoms with van der Waals surface area (Å²) in [7, 11) is 1.41. The van der Waals surface area contributed by atoms with Gasteiger partial charge in [0.25, 0.3) is 0 Å². The van der Waals surface area contributed by atoms with Gasteiger partial charge in [0.15, 0.2) is 0 Å². The molecule has 0 spiro atoms. The Bertz CT molecular complexity index is 316. The normalized spacial score (nSPS) is 17.6. The van der Waals surface area contributed by atoms with Gasteiger partial charge in [-0.15, -0.1) is 12.4 Å². The Balaban J connectivity index is 0.000000980. The Hall–Kier alpha value is -1.22. The number of hydrogen-bond acceptors (Lipinski definition) is 3. The first-order valence-electron chi connectivity index (χ1n) is 4.23. The van der Waals surface area contributed by atoms with E-state index >= 15 is 0 Å². The molecule has 0 saturated carbocycles. The standard InChI is InChI=1S/C10H11NO2.ClH/c1-13-10(12)9-6-7-4-2-3-5-8(7)11-9;/h2-5,9,11H,6H2,1H3;1H/t9-;/m0./s1. The van der Waals surface area contributed by atoms with Gasteiger partial charge in [-0.25, -0.2) is 4.79 Å². The van der Waals surface area contributed by atoms with Crippen LogP contribution in [0.5, 0.6) is 0 Å². The molecule has 0 saturated heterocycles. The first kappa shape index (κ1) is 10.9. The van der Waals surface area contributed by atoms with Gasteiger partial charge in [0, 0.05) is 12.1 Å². The largest absolute Gasteiger partial charge is 0.467 e. The van der Waals surface area contributed by atoms with Crippen molar-refractivity contribution in [1.82, 2.24) is 0 Å². The van der Waals surface area contributed by atoms with Gasteiger partial charge in [0.05, 0.1) is 7.11 Å². The van der Waals surface area contributed by atoms with Gasteiger partial charge < -0.3 is 10.1 Å². The van der Waals surface area contributed by atoms with Crippen LogP contribution in [-0.2, 0) is 16.0 Å². The molecule has 0 aliphatic carbocycles. The van der Waals surface area contributed by atoms with Crippen LogP contribution in [0.2, 0.25) is 0 Å². The van der Waals surface area contributed by atoms with Crippen molar-refractivity contribution in [1.29, 1.82) is 0 Å². The molecule has 14 heavy (non-hydrogen) atoms. The van der Waals surface area contributed by atoms with Crippen molar-refractivity contribution in [3.05, 3.63) is 29.8 Å². The topological polar surface area (TPSA) is 38.3 Å². The highest BCUT2D eigenvalue weighted by Crippen LogP contribution is 2.25. The van der Waals surface area contributed by atoms with E-state index in [1.165, 1.54) is 12.7 Å². The maximum Gasteiger partial charge on any atom is 0.328 e. The fraction of sp³-hybridized carbons (Fsp3) is 0.300. The molecule has 4 heteroatoms. The number of rotatable bonds is 1. The van der Waals surface area contributed by atoms with Gasteiger partial charge >= 0.3 is 5.97 Å². The van der Waals surface area contributed by atoms with Gasteiger partial charge in [-0.3, -0.25) is 0 Å². The smallest absolute Gasteiger partial charge is 0.328 e. The lowest BCUT2D eigenvalue weighted by Crippen LogP contribution is -2.27. The van der Waals surface area contributed by atoms with Crippen molar-refractivity contribution in [2.24, 2.45) is 0 Å². The molecule has 0 unspecified atom stereocenters. The number of para-hydroxylation sites is 1. The van der Waals surface area contributed by atoms with Crippen molar-refractivity contribution in [3.63, 3.8) is 0 Å². The third-order valence-electron chi connectivity index (χ3n) is 2.26. The van der Waals surface area contributed by atoms with E-state index in [2.05, 4.69) is 10.1 Å². The lowest BCUT2D eigenvalue weighted by atomic mass is 10.1. The van der Waals surface area contributed by atoms with E-state index in [0.29, 0.717) is 0 Å². The van der Waals surface area contributed by atoms with Gasteiger partial charge in [-0.1, -0.05) is 18.2 Å². The van der Waals surface area contributed by atoms with E-state index in [-0.39, 0.29) is 24.4 Å². The number of benzene rings is 1. The number of ether oxygens (including phenoxy) is 1. The fourth-order valence-electron chi connectivity index (χ4n) is 1.58. The number of carbonyl (C=O) groups is 1. The van der Waals surface area contributed by atoms with Gasteiger partial charge in [0.1, 0.15) is 6.04 Å². The number of esters is 1. The number of carbonyl (C=O) groups excluding carboxylic acids is 1. The SMILES string of the molecule is COC(=O)[C@@H]1Cc2ccccc2N1.Cl. The third kappa shape index (κ3) is 1.82. The fourth-order valence-corrected chi connectivity index (χ4v) is 1.58. The van der Waals surface area contributed by atoms with Crippen molar-refractivity contribution >= 4 is 24.1 Å². The Morgan fingerprint density at radius 3 is 2.86 bits per heavy atom. The summed E-state index contributed by atoms with van der Waals surface area (Å²) in [5, 5.41) is 3.11. The van der Waals surface area contributed by atoms with E-state index in [1.54, 1.807) is 0 Å². The number of fused-ring (bicyclic) bond motifs is 1. The molecule has 0 aromatic heterocycles. The average Bonchev–Trinajstić information content (AvgIpc) is 2.59. The molecule has 3 nitrogen and oxygen atoms in total. The second kappa shape index (κ2) is 4.33. The summed E-state index contributed by atoms with van der Waals surface area (Å²) in [4.78, 5) is 11.2. The molecule has 0 radical (unpaired) electrons. The number of anilines is 1. The minimum absolute atomic E-state index is 0. The van der Waals surface area contributed by atoms with Crippen LogP contribution in [0.4, 0.5) is 5.69 Å². The number of halogens is 1. The van der Waals surface area contributed by atoms with Crippen LogP contribution < -0.4 is 5.32 Å². The van der Waals surface area contributed by atoms with Crippen LogP contribution in [0.1, 0.15) is 5.56 Å². The van der Waals surface area contributed by atoms with Crippen molar-refractivity contribution in [3.8, 4) is 0 Å². The summed E-state index contributed by atoms with van der Waals surface area (Å²) < 4.78 is 4.66. The zero-order valence-electron chi connectivity index (χ0n) is 7.82. The van der Waals surface area contributed by atoms with Crippen molar-refractivity contribution in [2.45, 2.75) is 12.5 Å². The van der Waals surface area contributed by atoms with E-state index < -0.39 is 0 Å². The molecule has 1 aliphatic rings. The number of hydrogen-bond donors (Lipinski definition) is 1. The Kier molecular flexibility index (Phi) is 3.36. The van der Waals surface area contributed by atoms with Crippen LogP contribution in [0.3, 0.4) is 0 Å². The second-order valence-corrected chi connectivity index (χ2v) is 3.08. The van der Waals surface area contributed by atoms with Crippen LogP contribution in [0.15, 0.2) is 24.3 Å². The molecular formula is C10H12ClNO2. The molecule has 1 N–H and O–H groups in total. The molecule has 1 aromatic carbocycles. The van der Waals surface area contributed by atoms with Crippen LogP contribution in [0, 0.1) is 0 Å². The first-order valence-corrected chi connectivity index (χ1v) is 4.23. The third-order valence-corrected chi connectivity index (χ3v) is 2.26. The van der Waals surface area contributed by atoms with E-state index in [4.69, 9.17) is 0 Å². The van der Waals surface area contributed by atoms with Crippen molar-refractivity contribution < 1.29 is 9.53 Å². The van der Waals surface area contributed by atoms with Crippen molar-refractivity contribution in [2.75, 3.05) is 12.4 Å². The van der Waals surface area contributed by atoms with Gasteiger partial charge in [-0.05, 0) is 11.6 Å². The summed E-state index contributed by atoms with van der Waals surface area (Å²) >= 11 is 0. The van der Waals surface area contributed by atoms with Gasteiger partial charge in [0.2, 0.25) is 0 Å². The van der Waals surface area contributed by atoms with Gasteiger partial charge in [-0.2, -0.15) is 0 Å². The highest BCUT2D eigenvalue weighted by molar-refractivity contribution is 5.85. The van der Waals surface area contributed by atoms with E-state index in [1.807, 2.05) is 24.3 Å². The summed E-state index contributed by atoms with van der Waals surface area (Å²) in [6, 6.07) is 7.71. The molecule has 1 heterocycles. The molecule has 0 amide bonds. The Morgan fingerprint density at radius 1 is 1.50 bits per heavy atom. The zero-order valence-corrected chi connectivity index (χ0v) is 8.64. The van der Waals surface area contributed by atoms with Crippen LogP contribution in [0.25, 0.3) is 0 Å². The predicted octanol–water partition coefficient (Wildman–Crippen LogP) is 1.62. The first-order chi connectivity index (χ1) is 6.31. The molecule has 1 atom stereocenters. The Morgan fingerprint density at radius 2 is 2.21 bits per heavy atom. The molecule has 1 aliphatic heterocycles. The maximum atomic E-state index is 11.2. The zero-order chi connectivity index (χ0) is 9.26. The minimum Gasteiger partial charge on any atom is -0.467 e. The summed E-state index contributed by atoms with van der Waals surface area (Å²) in [5.41, 5.74) is 2.22. The summed E-state index contributed by atoms with van der Waals surface area (Å²) in [6.07, 6.45) is 0.725. The minimum atomic E-state index is -0.206. The predicted molar refractivity (Wildman–Crippen MR) is 56.8 cm³/mol. The van der Waals surface area contributed by atoms with E-state index in [0.717, 1.165) is 12.1 Å². The lowest BCUT2D eigenvalue weighted by Gasteiger charge is -2.07. The Labute approximate surface area is 88.9 Å². The highest BCUT2D eigenvalue weighted by Gasteiger charge is 2.26. The van der Waals surface area contributed by atoms with Crippen LogP contribution >= 0.6 is 12.4 Å². The average molecular weight is 214 g/mol. The molecule has 1 aromatic rings. The monoisotopic (exact) mass is 213 g/mol. The molecule has 0 fully saturated rings. The van der Waals surface area contributed by atoms with Crippen LogP contribution in [-0.4, -0.2) is 19.1 Å². The summed E-state index contributed by atoms with van der Waals surface area (Å²) in [5.74, 6) is -0.198. The number of nitrogens with one attached hydrogen (secondary N) is 1.